The average Bonchev–Trinajstić information content (AvgIpc) is 2.94. The van der Waals surface area contributed by atoms with Crippen molar-refractivity contribution in [1.29, 1.82) is 0 Å². The Balaban J connectivity index is 1.97. The molecule has 0 bridgehead atoms. The number of amides is 1. The number of likely N-dealkylation sites (tertiary alicyclic amines) is 1. The Labute approximate surface area is 150 Å². The zero-order chi connectivity index (χ0) is 20.2. The monoisotopic (exact) mass is 398 g/mol. The Bertz CT molecular complexity index is 730. The SMILES string of the molecule is NC(=O)CN1CCC2c3ccc(C(F)(C(F)(F)F)C(F)(F)F)cc3CCC21. The molecule has 1 aliphatic heterocycles. The van der Waals surface area contributed by atoms with Crippen molar-refractivity contribution in [3.63, 3.8) is 0 Å². The average molecular weight is 398 g/mol. The van der Waals surface area contributed by atoms with Gasteiger partial charge in [0, 0.05) is 17.5 Å². The fraction of sp³-hybridized carbons (Fsp3) is 0.588. The molecule has 2 unspecified atom stereocenters. The molecule has 1 aliphatic carbocycles. The summed E-state index contributed by atoms with van der Waals surface area (Å²) in [7, 11) is 0. The first-order valence-electron chi connectivity index (χ1n) is 8.34. The van der Waals surface area contributed by atoms with Crippen LogP contribution in [-0.2, 0) is 16.9 Å². The number of hydrogen-bond donors (Lipinski definition) is 1. The quantitative estimate of drug-likeness (QED) is 0.792. The number of primary amides is 1. The molecule has 1 fully saturated rings. The van der Waals surface area contributed by atoms with E-state index in [0.29, 0.717) is 37.1 Å². The van der Waals surface area contributed by atoms with Crippen LogP contribution in [0.5, 0.6) is 0 Å². The van der Waals surface area contributed by atoms with Crippen molar-refractivity contribution in [2.24, 2.45) is 5.73 Å². The van der Waals surface area contributed by atoms with Crippen LogP contribution in [0.1, 0.15) is 35.4 Å². The van der Waals surface area contributed by atoms with Crippen LogP contribution in [0, 0.1) is 0 Å². The third-order valence-electron chi connectivity index (χ3n) is 5.45. The maximum absolute atomic E-state index is 14.3. The molecule has 150 valence electrons. The molecule has 2 aliphatic rings. The number of rotatable bonds is 3. The van der Waals surface area contributed by atoms with Crippen LogP contribution in [0.3, 0.4) is 0 Å². The van der Waals surface area contributed by atoms with Crippen molar-refractivity contribution >= 4 is 5.91 Å². The molecule has 2 atom stereocenters. The molecule has 3 nitrogen and oxygen atoms in total. The first-order chi connectivity index (χ1) is 12.4. The summed E-state index contributed by atoms with van der Waals surface area (Å²) in [6.07, 6.45) is -11.0. The standard InChI is InChI=1S/C17H17F7N2O/c18-15(16(19,20)21,17(22,23)24)10-2-3-11-9(7-10)1-4-13-12(11)5-6-26(13)8-14(25)27/h2-3,7,12-13H,1,4-6,8H2,(H2,25,27). The summed E-state index contributed by atoms with van der Waals surface area (Å²) in [6, 6.07) is 2.35. The van der Waals surface area contributed by atoms with E-state index in [1.807, 2.05) is 4.90 Å². The van der Waals surface area contributed by atoms with Crippen molar-refractivity contribution in [2.75, 3.05) is 13.1 Å². The Hall–Kier alpha value is -1.84. The van der Waals surface area contributed by atoms with Gasteiger partial charge >= 0.3 is 18.0 Å². The van der Waals surface area contributed by atoms with E-state index >= 15 is 0 Å². The number of nitrogens with zero attached hydrogens (tertiary/aromatic N) is 1. The highest BCUT2D eigenvalue weighted by Gasteiger charge is 2.73. The lowest BCUT2D eigenvalue weighted by Gasteiger charge is -2.35. The molecule has 1 aromatic rings. The molecule has 3 rings (SSSR count). The number of hydrogen-bond acceptors (Lipinski definition) is 2. The molecule has 0 saturated carbocycles. The van der Waals surface area contributed by atoms with Gasteiger partial charge in [-0.1, -0.05) is 18.2 Å². The lowest BCUT2D eigenvalue weighted by molar-refractivity contribution is -0.348. The molecule has 0 spiro atoms. The summed E-state index contributed by atoms with van der Waals surface area (Å²) in [5, 5.41) is 0. The topological polar surface area (TPSA) is 46.3 Å². The lowest BCUT2D eigenvalue weighted by Crippen LogP contribution is -2.50. The van der Waals surface area contributed by atoms with E-state index in [4.69, 9.17) is 5.73 Å². The van der Waals surface area contributed by atoms with Gasteiger partial charge in [0.1, 0.15) is 0 Å². The van der Waals surface area contributed by atoms with E-state index in [9.17, 15) is 35.5 Å². The molecule has 0 aromatic heterocycles. The molecule has 2 N–H and O–H groups in total. The van der Waals surface area contributed by atoms with Gasteiger partial charge in [0.2, 0.25) is 5.91 Å². The minimum absolute atomic E-state index is 0.0460. The number of benzene rings is 1. The van der Waals surface area contributed by atoms with Crippen molar-refractivity contribution in [3.05, 3.63) is 34.9 Å². The Morgan fingerprint density at radius 1 is 1.07 bits per heavy atom. The van der Waals surface area contributed by atoms with Gasteiger partial charge in [0.15, 0.2) is 0 Å². The summed E-state index contributed by atoms with van der Waals surface area (Å²) in [5.74, 6) is -0.637. The van der Waals surface area contributed by atoms with Crippen molar-refractivity contribution < 1.29 is 35.5 Å². The van der Waals surface area contributed by atoms with Crippen LogP contribution in [0.25, 0.3) is 0 Å². The maximum atomic E-state index is 14.3. The molecule has 1 amide bonds. The summed E-state index contributed by atoms with van der Waals surface area (Å²) >= 11 is 0. The molecular weight excluding hydrogens is 381 g/mol. The van der Waals surface area contributed by atoms with Crippen LogP contribution in [0.4, 0.5) is 30.7 Å². The molecule has 27 heavy (non-hydrogen) atoms. The highest BCUT2D eigenvalue weighted by Crippen LogP contribution is 2.54. The highest BCUT2D eigenvalue weighted by molar-refractivity contribution is 5.76. The molecule has 0 radical (unpaired) electrons. The second-order valence-corrected chi connectivity index (χ2v) is 7.01. The highest BCUT2D eigenvalue weighted by atomic mass is 19.4. The van der Waals surface area contributed by atoms with Crippen LogP contribution in [0.2, 0.25) is 0 Å². The van der Waals surface area contributed by atoms with Gasteiger partial charge in [0.05, 0.1) is 6.54 Å². The molecule has 1 heterocycles. The number of aryl methyl sites for hydroxylation is 1. The van der Waals surface area contributed by atoms with E-state index in [0.717, 1.165) is 6.07 Å². The number of alkyl halides is 7. The Kier molecular flexibility index (Phi) is 4.69. The number of carbonyl (C=O) groups excluding carboxylic acids is 1. The predicted molar refractivity (Wildman–Crippen MR) is 81.6 cm³/mol. The Morgan fingerprint density at radius 2 is 1.70 bits per heavy atom. The van der Waals surface area contributed by atoms with Gasteiger partial charge in [-0.05, 0) is 36.9 Å². The smallest absolute Gasteiger partial charge is 0.369 e. The van der Waals surface area contributed by atoms with Crippen LogP contribution >= 0.6 is 0 Å². The normalized spacial score (nSPS) is 23.8. The third-order valence-corrected chi connectivity index (χ3v) is 5.45. The summed E-state index contributed by atoms with van der Waals surface area (Å²) in [5.41, 5.74) is -0.779. The van der Waals surface area contributed by atoms with Crippen LogP contribution < -0.4 is 5.73 Å². The number of nitrogens with two attached hydrogens (primary N) is 1. The van der Waals surface area contributed by atoms with Crippen molar-refractivity contribution in [3.8, 4) is 0 Å². The summed E-state index contributed by atoms with van der Waals surface area (Å²) in [6.45, 7) is 0.599. The van der Waals surface area contributed by atoms with Crippen LogP contribution in [0.15, 0.2) is 18.2 Å². The van der Waals surface area contributed by atoms with Crippen molar-refractivity contribution in [1.82, 2.24) is 4.90 Å². The maximum Gasteiger partial charge on any atom is 0.435 e. The lowest BCUT2D eigenvalue weighted by atomic mass is 9.77. The van der Waals surface area contributed by atoms with Gasteiger partial charge in [-0.2, -0.15) is 26.3 Å². The zero-order valence-corrected chi connectivity index (χ0v) is 14.0. The van der Waals surface area contributed by atoms with E-state index < -0.39 is 29.5 Å². The second-order valence-electron chi connectivity index (χ2n) is 7.01. The van der Waals surface area contributed by atoms with Gasteiger partial charge in [-0.3, -0.25) is 9.69 Å². The Morgan fingerprint density at radius 3 is 2.26 bits per heavy atom. The number of halogens is 7. The summed E-state index contributed by atoms with van der Waals surface area (Å²) < 4.78 is 92.0. The first-order valence-corrected chi connectivity index (χ1v) is 8.34. The number of fused-ring (bicyclic) bond motifs is 3. The van der Waals surface area contributed by atoms with E-state index in [1.165, 1.54) is 0 Å². The fourth-order valence-corrected chi connectivity index (χ4v) is 4.25. The zero-order valence-electron chi connectivity index (χ0n) is 14.0. The second kappa shape index (κ2) is 6.35. The first kappa shape index (κ1) is 19.9. The molecule has 1 aromatic carbocycles. The van der Waals surface area contributed by atoms with Gasteiger partial charge in [0.25, 0.3) is 0 Å². The predicted octanol–water partition coefficient (Wildman–Crippen LogP) is 3.57. The van der Waals surface area contributed by atoms with Crippen LogP contribution in [-0.4, -0.2) is 42.3 Å². The van der Waals surface area contributed by atoms with Gasteiger partial charge in [-0.15, -0.1) is 0 Å². The minimum atomic E-state index is -6.12. The number of carbonyl (C=O) groups is 1. The molecular formula is C17H17F7N2O. The van der Waals surface area contributed by atoms with Crippen molar-refractivity contribution in [2.45, 2.75) is 49.2 Å². The van der Waals surface area contributed by atoms with E-state index in [-0.39, 0.29) is 30.5 Å². The molecule has 10 heteroatoms. The fourth-order valence-electron chi connectivity index (χ4n) is 4.25. The van der Waals surface area contributed by atoms with Gasteiger partial charge in [-0.25, -0.2) is 4.39 Å². The van der Waals surface area contributed by atoms with E-state index in [2.05, 4.69) is 0 Å². The third kappa shape index (κ3) is 3.17. The largest absolute Gasteiger partial charge is 0.435 e. The summed E-state index contributed by atoms with van der Waals surface area (Å²) in [4.78, 5) is 13.0. The minimum Gasteiger partial charge on any atom is -0.369 e. The van der Waals surface area contributed by atoms with Gasteiger partial charge < -0.3 is 5.73 Å². The molecule has 1 saturated heterocycles. The van der Waals surface area contributed by atoms with E-state index in [1.54, 1.807) is 0 Å².